The van der Waals surface area contributed by atoms with Gasteiger partial charge in [0, 0.05) is 64.2 Å². The van der Waals surface area contributed by atoms with Gasteiger partial charge in [0.15, 0.2) is 17.0 Å². The van der Waals surface area contributed by atoms with Crippen LogP contribution in [0.4, 0.5) is 5.69 Å². The minimum atomic E-state index is -1.40. The molecule has 11 heteroatoms. The molecule has 3 N–H and O–H groups in total. The van der Waals surface area contributed by atoms with Crippen LogP contribution in [-0.2, 0) is 25.5 Å². The van der Waals surface area contributed by atoms with Gasteiger partial charge in [-0.1, -0.05) is 41.5 Å². The Morgan fingerprint density at radius 2 is 1.80 bits per heavy atom. The van der Waals surface area contributed by atoms with Crippen molar-refractivity contribution in [1.82, 2.24) is 5.32 Å². The minimum Gasteiger partial charge on any atom is -0.491 e. The summed E-state index contributed by atoms with van der Waals surface area (Å²) in [6.45, 7) is 17.9. The van der Waals surface area contributed by atoms with Gasteiger partial charge in [-0.05, 0) is 105 Å². The van der Waals surface area contributed by atoms with E-state index in [-0.39, 0.29) is 47.9 Å². The van der Waals surface area contributed by atoms with E-state index < -0.39 is 28.4 Å². The number of anilines is 1. The summed E-state index contributed by atoms with van der Waals surface area (Å²) in [6, 6.07) is 8.02. The van der Waals surface area contributed by atoms with Crippen LogP contribution in [0.1, 0.15) is 104 Å². The number of thioether (sulfide) groups is 1. The Labute approximate surface area is 359 Å². The monoisotopic (exact) mass is 838 g/mol. The highest BCUT2D eigenvalue weighted by Crippen LogP contribution is 2.75. The lowest BCUT2D eigenvalue weighted by molar-refractivity contribution is -0.208. The molecule has 2 aromatic rings. The van der Waals surface area contributed by atoms with Crippen molar-refractivity contribution in [2.75, 3.05) is 38.7 Å². The van der Waals surface area contributed by atoms with E-state index in [0.717, 1.165) is 51.4 Å². The fourth-order valence-electron chi connectivity index (χ4n) is 11.0. The number of allylic oxidation sites excluding steroid dienone is 4. The van der Waals surface area contributed by atoms with E-state index in [1.54, 1.807) is 18.7 Å². The van der Waals surface area contributed by atoms with Gasteiger partial charge in [-0.15, -0.1) is 11.8 Å². The molecule has 2 aromatic carbocycles. The largest absolute Gasteiger partial charge is 0.491 e. The number of carbonyl (C=O) groups is 2. The number of hydrogen-bond acceptors (Lipinski definition) is 11. The third-order valence-electron chi connectivity index (χ3n) is 13.7. The van der Waals surface area contributed by atoms with Crippen molar-refractivity contribution in [3.8, 4) is 17.2 Å². The maximum atomic E-state index is 15.6. The minimum absolute atomic E-state index is 0.0311. The molecule has 322 valence electrons. The number of esters is 1. The predicted octanol–water partition coefficient (Wildman–Crippen LogP) is 8.72. The lowest BCUT2D eigenvalue weighted by Crippen LogP contribution is -2.79. The first kappa shape index (κ1) is 42.7. The van der Waals surface area contributed by atoms with Crippen LogP contribution in [0.5, 0.6) is 17.2 Å². The van der Waals surface area contributed by atoms with E-state index in [9.17, 15) is 9.90 Å². The third-order valence-corrected chi connectivity index (χ3v) is 15.2. The number of para-hydroxylation sites is 1. The summed E-state index contributed by atoms with van der Waals surface area (Å²) in [4.78, 5) is 29.5. The van der Waals surface area contributed by atoms with Gasteiger partial charge in [-0.25, -0.2) is 4.79 Å². The Bertz CT molecular complexity index is 2180. The molecular formula is C49H62N2O8S. The van der Waals surface area contributed by atoms with E-state index in [1.165, 1.54) is 12.7 Å². The molecule has 1 saturated heterocycles. The maximum Gasteiger partial charge on any atom is 0.333 e. The molecule has 8 unspecified atom stereocenters. The zero-order valence-corrected chi connectivity index (χ0v) is 37.5. The molecule has 8 atom stereocenters. The van der Waals surface area contributed by atoms with E-state index in [4.69, 9.17) is 23.7 Å². The van der Waals surface area contributed by atoms with Crippen molar-refractivity contribution < 1.29 is 38.4 Å². The number of rotatable bonds is 14. The second-order valence-electron chi connectivity index (χ2n) is 18.7. The molecule has 1 spiro atoms. The van der Waals surface area contributed by atoms with Gasteiger partial charge in [-0.3, -0.25) is 4.79 Å². The number of ketones is 1. The van der Waals surface area contributed by atoms with Gasteiger partial charge >= 0.3 is 5.97 Å². The standard InChI is InChI=1S/C49H62N2O8S/c1-28(2)13-12-20-47(8)21-19-32-40(57-47)31(17-16-29(3)4)42-37(41(32)56-26-24-50-23-25-52)39-38-43(60-35-15-11-10-14-34(35)51-39)33-27-36-46(6,7)59-48(44(33)53,49(36,38)58-42)22-18-30(5)45(54)55-9/h10-11,13-16,18-19,21,33,36,38-39,43,50-52H,12,17,20,22-27H2,1-9H3/b30-18-. The first-order valence-corrected chi connectivity index (χ1v) is 22.5. The number of methoxy groups -OCH3 is 1. The molecule has 3 aliphatic carbocycles. The highest BCUT2D eigenvalue weighted by atomic mass is 32.2. The lowest BCUT2D eigenvalue weighted by Gasteiger charge is -2.65. The Balaban J connectivity index is 1.42. The average molecular weight is 839 g/mol. The van der Waals surface area contributed by atoms with Crippen LogP contribution in [0.2, 0.25) is 0 Å². The smallest absolute Gasteiger partial charge is 0.333 e. The Morgan fingerprint density at radius 3 is 2.53 bits per heavy atom. The molecule has 3 saturated carbocycles. The number of benzene rings is 2. The van der Waals surface area contributed by atoms with Crippen molar-refractivity contribution in [2.45, 2.75) is 126 Å². The van der Waals surface area contributed by atoms with Crippen LogP contribution >= 0.6 is 11.8 Å². The Hall–Kier alpha value is -4.03. The van der Waals surface area contributed by atoms with Crippen molar-refractivity contribution in [2.24, 2.45) is 17.8 Å². The van der Waals surface area contributed by atoms with E-state index in [2.05, 4.69) is 108 Å². The normalized spacial score (nSPS) is 30.9. The number of carbonyl (C=O) groups excluding carboxylic acids is 2. The molecule has 9 rings (SSSR count). The Morgan fingerprint density at radius 1 is 1.03 bits per heavy atom. The number of nitrogens with one attached hydrogen (secondary N) is 2. The molecule has 0 amide bonds. The number of hydrogen-bond donors (Lipinski definition) is 3. The van der Waals surface area contributed by atoms with Crippen molar-refractivity contribution >= 4 is 35.3 Å². The van der Waals surface area contributed by atoms with E-state index >= 15 is 4.79 Å². The number of fused-ring (bicyclic) bond motifs is 4. The highest BCUT2D eigenvalue weighted by molar-refractivity contribution is 8.00. The van der Waals surface area contributed by atoms with Gasteiger partial charge < -0.3 is 39.4 Å². The van der Waals surface area contributed by atoms with Gasteiger partial charge in [-0.2, -0.15) is 0 Å². The quantitative estimate of drug-likeness (QED) is 0.0733. The molecule has 4 aliphatic heterocycles. The fourth-order valence-corrected chi connectivity index (χ4v) is 12.7. The number of Topliss-reactive ketones (excluding diaryl/α,β-unsaturated/α-hetero) is 1. The molecule has 0 aromatic heterocycles. The topological polar surface area (TPSA) is 125 Å². The summed E-state index contributed by atoms with van der Waals surface area (Å²) in [5.74, 6) is 0.958. The maximum absolute atomic E-state index is 15.6. The fraction of sp³-hybridized carbons (Fsp3) is 0.551. The third kappa shape index (κ3) is 6.82. The molecule has 60 heavy (non-hydrogen) atoms. The van der Waals surface area contributed by atoms with Crippen LogP contribution in [-0.4, -0.2) is 77.9 Å². The van der Waals surface area contributed by atoms with Crippen LogP contribution in [0, 0.1) is 17.8 Å². The zero-order valence-electron chi connectivity index (χ0n) is 36.7. The van der Waals surface area contributed by atoms with Crippen molar-refractivity contribution in [3.63, 3.8) is 0 Å². The molecule has 0 radical (unpaired) electrons. The zero-order chi connectivity index (χ0) is 42.8. The van der Waals surface area contributed by atoms with Crippen LogP contribution in [0.25, 0.3) is 6.08 Å². The summed E-state index contributed by atoms with van der Waals surface area (Å²) in [5.41, 5.74) is 2.68. The number of aliphatic hydroxyl groups is 1. The lowest BCUT2D eigenvalue weighted by atomic mass is 9.45. The SMILES string of the molecule is COC(=O)/C(C)=C\CC12OC(C)(C)C3CC(C1=O)C1Sc4ccccc4NC4c5c(OCCNCCO)c6c(c(CC=C(C)C)c5OC32C41)OC(C)(CCC=C(C)C)C=C6. The molecule has 10 nitrogen and oxygen atoms in total. The van der Waals surface area contributed by atoms with Crippen LogP contribution in [0.15, 0.2) is 70.2 Å². The summed E-state index contributed by atoms with van der Waals surface area (Å²) in [5, 5.41) is 16.8. The van der Waals surface area contributed by atoms with Gasteiger partial charge in [0.1, 0.15) is 29.5 Å². The van der Waals surface area contributed by atoms with E-state index in [0.29, 0.717) is 49.6 Å². The van der Waals surface area contributed by atoms with Gasteiger partial charge in [0.25, 0.3) is 0 Å². The second-order valence-corrected chi connectivity index (χ2v) is 19.9. The van der Waals surface area contributed by atoms with Gasteiger partial charge in [0.05, 0.1) is 36.5 Å². The van der Waals surface area contributed by atoms with Crippen LogP contribution in [0.3, 0.4) is 0 Å². The highest BCUT2D eigenvalue weighted by Gasteiger charge is 2.85. The molecule has 4 heterocycles. The second kappa shape index (κ2) is 16.0. The Kier molecular flexibility index (Phi) is 11.4. The molecule has 4 bridgehead atoms. The van der Waals surface area contributed by atoms with Crippen molar-refractivity contribution in [3.05, 3.63) is 82.0 Å². The van der Waals surface area contributed by atoms with Gasteiger partial charge in [0.2, 0.25) is 0 Å². The van der Waals surface area contributed by atoms with E-state index in [1.807, 2.05) is 6.08 Å². The van der Waals surface area contributed by atoms with Crippen molar-refractivity contribution in [1.29, 1.82) is 0 Å². The summed E-state index contributed by atoms with van der Waals surface area (Å²) in [6.07, 6.45) is 13.6. The predicted molar refractivity (Wildman–Crippen MR) is 236 cm³/mol. The number of ether oxygens (including phenoxy) is 5. The molecule has 7 aliphatic rings. The summed E-state index contributed by atoms with van der Waals surface area (Å²) < 4.78 is 34.6. The molecular weight excluding hydrogens is 777 g/mol. The molecule has 4 fully saturated rings. The number of aliphatic hydroxyl groups excluding tert-OH is 1. The van der Waals surface area contributed by atoms with Crippen LogP contribution < -0.4 is 24.8 Å². The first-order chi connectivity index (χ1) is 28.6. The summed E-state index contributed by atoms with van der Waals surface area (Å²) >= 11 is 1.77. The summed E-state index contributed by atoms with van der Waals surface area (Å²) in [7, 11) is 1.37. The average Bonchev–Trinajstić information content (AvgIpc) is 3.29. The first-order valence-electron chi connectivity index (χ1n) is 21.6.